The molecule has 0 aromatic heterocycles. The molecule has 1 N–H and O–H groups in total. The van der Waals surface area contributed by atoms with Gasteiger partial charge in [0.2, 0.25) is 0 Å². The first-order valence-corrected chi connectivity index (χ1v) is 13.3. The molecule has 1 fully saturated rings. The number of nitrogens with one attached hydrogen (secondary N) is 1. The molecule has 1 atom stereocenters. The van der Waals surface area contributed by atoms with E-state index in [1.165, 1.54) is 31.5 Å². The van der Waals surface area contributed by atoms with Crippen molar-refractivity contribution < 1.29 is 4.79 Å². The molecule has 1 heterocycles. The maximum absolute atomic E-state index is 13.0. The summed E-state index contributed by atoms with van der Waals surface area (Å²) >= 11 is 0. The number of amides is 2. The molecule has 1 aromatic carbocycles. The third-order valence-corrected chi connectivity index (χ3v) is 7.06. The van der Waals surface area contributed by atoms with E-state index in [0.29, 0.717) is 6.54 Å². The minimum Gasteiger partial charge on any atom is -0.334 e. The van der Waals surface area contributed by atoms with Crippen LogP contribution in [0.1, 0.15) is 58.6 Å². The van der Waals surface area contributed by atoms with Gasteiger partial charge in [0, 0.05) is 45.8 Å². The maximum Gasteiger partial charge on any atom is 0.317 e. The lowest BCUT2D eigenvalue weighted by Crippen LogP contribution is -2.46. The van der Waals surface area contributed by atoms with Crippen LogP contribution in [0, 0.1) is 5.92 Å². The fraction of sp³-hybridized carbons (Fsp3) is 0.741. The monoisotopic (exact) mass is 459 g/mol. The number of likely N-dealkylation sites (tertiary alicyclic amines) is 1. The summed E-state index contributed by atoms with van der Waals surface area (Å²) in [5.74, 6) is 0.805. The Balaban J connectivity index is 1.87. The molecule has 0 aliphatic carbocycles. The predicted octanol–water partition coefficient (Wildman–Crippen LogP) is 4.11. The van der Waals surface area contributed by atoms with Gasteiger partial charge in [-0.15, -0.1) is 0 Å². The molecule has 1 aliphatic heterocycles. The van der Waals surface area contributed by atoms with Crippen molar-refractivity contribution >= 4 is 6.03 Å². The third-order valence-electron chi connectivity index (χ3n) is 7.06. The van der Waals surface area contributed by atoms with Gasteiger partial charge < -0.3 is 20.0 Å². The van der Waals surface area contributed by atoms with Crippen molar-refractivity contribution in [1.82, 2.24) is 24.9 Å². The van der Waals surface area contributed by atoms with E-state index in [-0.39, 0.29) is 6.03 Å². The van der Waals surface area contributed by atoms with Gasteiger partial charge in [0.25, 0.3) is 0 Å². The van der Waals surface area contributed by atoms with Gasteiger partial charge in [-0.25, -0.2) is 4.79 Å². The van der Waals surface area contributed by atoms with Crippen molar-refractivity contribution in [3.63, 3.8) is 0 Å². The number of likely N-dealkylation sites (N-methyl/N-ethyl adjacent to an activating group) is 2. The number of hydrogen-bond donors (Lipinski definition) is 1. The number of carbonyl (C=O) groups excluding carboxylic acids is 1. The van der Waals surface area contributed by atoms with E-state index >= 15 is 0 Å². The SMILES string of the molecule is CCN(CC)CCN(CCN(CC)CC)C(=O)NCc1ccc(CN2CCCC(C)C2)cc1. The first-order chi connectivity index (χ1) is 16.0. The first kappa shape index (κ1) is 27.6. The Labute approximate surface area is 203 Å². The van der Waals surface area contributed by atoms with E-state index in [1.807, 2.05) is 4.90 Å². The lowest BCUT2D eigenvalue weighted by Gasteiger charge is -2.30. The van der Waals surface area contributed by atoms with E-state index in [0.717, 1.165) is 70.4 Å². The molecule has 0 saturated carbocycles. The van der Waals surface area contributed by atoms with Gasteiger partial charge in [-0.3, -0.25) is 4.90 Å². The molecular formula is C27H49N5O. The van der Waals surface area contributed by atoms with Gasteiger partial charge >= 0.3 is 6.03 Å². The quantitative estimate of drug-likeness (QED) is 0.455. The van der Waals surface area contributed by atoms with Gasteiger partial charge in [0.05, 0.1) is 0 Å². The van der Waals surface area contributed by atoms with E-state index < -0.39 is 0 Å². The lowest BCUT2D eigenvalue weighted by molar-refractivity contribution is 0.172. The van der Waals surface area contributed by atoms with Gasteiger partial charge in [0.15, 0.2) is 0 Å². The minimum atomic E-state index is 0.0423. The highest BCUT2D eigenvalue weighted by Gasteiger charge is 2.17. The average molecular weight is 460 g/mol. The fourth-order valence-electron chi connectivity index (χ4n) is 4.66. The highest BCUT2D eigenvalue weighted by atomic mass is 16.2. The zero-order valence-electron chi connectivity index (χ0n) is 22.0. The number of piperidine rings is 1. The molecule has 2 rings (SSSR count). The van der Waals surface area contributed by atoms with Crippen molar-refractivity contribution in [1.29, 1.82) is 0 Å². The number of rotatable bonds is 14. The Bertz CT molecular complexity index is 641. The average Bonchev–Trinajstić information content (AvgIpc) is 2.83. The van der Waals surface area contributed by atoms with E-state index in [2.05, 4.69) is 78.9 Å². The first-order valence-electron chi connectivity index (χ1n) is 13.3. The molecule has 188 valence electrons. The lowest BCUT2D eigenvalue weighted by atomic mass is 9.99. The van der Waals surface area contributed by atoms with Crippen LogP contribution in [0.5, 0.6) is 0 Å². The molecule has 1 aromatic rings. The Hall–Kier alpha value is -1.63. The summed E-state index contributed by atoms with van der Waals surface area (Å²) in [6.45, 7) is 22.5. The van der Waals surface area contributed by atoms with Crippen molar-refractivity contribution in [3.05, 3.63) is 35.4 Å². The van der Waals surface area contributed by atoms with E-state index in [4.69, 9.17) is 0 Å². The highest BCUT2D eigenvalue weighted by Crippen LogP contribution is 2.18. The zero-order valence-corrected chi connectivity index (χ0v) is 22.0. The standard InChI is InChI=1S/C27H49N5O/c1-6-29(7-2)17-19-32(20-18-30(8-3)9-4)27(33)28-21-25-12-14-26(15-13-25)23-31-16-10-11-24(5)22-31/h12-15,24H,6-11,16-23H2,1-5H3,(H,28,33). The van der Waals surface area contributed by atoms with Crippen molar-refractivity contribution in [2.24, 2.45) is 5.92 Å². The minimum absolute atomic E-state index is 0.0423. The van der Waals surface area contributed by atoms with Crippen molar-refractivity contribution in [2.45, 2.75) is 60.5 Å². The Morgan fingerprint density at radius 3 is 1.97 bits per heavy atom. The molecule has 0 bridgehead atoms. The van der Waals surface area contributed by atoms with Crippen molar-refractivity contribution in [3.8, 4) is 0 Å². The van der Waals surface area contributed by atoms with Crippen LogP contribution in [0.2, 0.25) is 0 Å². The molecule has 1 saturated heterocycles. The molecule has 0 spiro atoms. The largest absolute Gasteiger partial charge is 0.334 e. The van der Waals surface area contributed by atoms with Gasteiger partial charge in [-0.2, -0.15) is 0 Å². The summed E-state index contributed by atoms with van der Waals surface area (Å²) in [6, 6.07) is 8.82. The Kier molecular flexibility index (Phi) is 12.8. The molecule has 1 unspecified atom stereocenters. The molecular weight excluding hydrogens is 410 g/mol. The maximum atomic E-state index is 13.0. The molecule has 33 heavy (non-hydrogen) atoms. The van der Waals surface area contributed by atoms with Crippen LogP contribution in [-0.4, -0.2) is 91.1 Å². The summed E-state index contributed by atoms with van der Waals surface area (Å²) in [6.07, 6.45) is 2.67. The van der Waals surface area contributed by atoms with E-state index in [1.54, 1.807) is 0 Å². The highest BCUT2D eigenvalue weighted by molar-refractivity contribution is 5.74. The summed E-state index contributed by atoms with van der Waals surface area (Å²) in [5, 5.41) is 3.16. The fourth-order valence-corrected chi connectivity index (χ4v) is 4.66. The van der Waals surface area contributed by atoms with Gasteiger partial charge in [-0.05, 0) is 62.6 Å². The van der Waals surface area contributed by atoms with Crippen LogP contribution in [0.15, 0.2) is 24.3 Å². The smallest absolute Gasteiger partial charge is 0.317 e. The van der Waals surface area contributed by atoms with Crippen LogP contribution in [-0.2, 0) is 13.1 Å². The number of benzene rings is 1. The predicted molar refractivity (Wildman–Crippen MR) is 140 cm³/mol. The Morgan fingerprint density at radius 2 is 1.45 bits per heavy atom. The molecule has 0 radical (unpaired) electrons. The van der Waals surface area contributed by atoms with Gasteiger partial charge in [-0.1, -0.05) is 58.9 Å². The summed E-state index contributed by atoms with van der Waals surface area (Å²) in [7, 11) is 0. The summed E-state index contributed by atoms with van der Waals surface area (Å²) in [4.78, 5) is 22.3. The number of carbonyl (C=O) groups is 1. The third kappa shape index (κ3) is 10.0. The van der Waals surface area contributed by atoms with Crippen LogP contribution in [0.3, 0.4) is 0 Å². The topological polar surface area (TPSA) is 42.1 Å². The van der Waals surface area contributed by atoms with Crippen LogP contribution < -0.4 is 5.32 Å². The van der Waals surface area contributed by atoms with Crippen LogP contribution in [0.4, 0.5) is 4.79 Å². The van der Waals surface area contributed by atoms with E-state index in [9.17, 15) is 4.79 Å². The zero-order chi connectivity index (χ0) is 24.1. The second-order valence-corrected chi connectivity index (χ2v) is 9.50. The second-order valence-electron chi connectivity index (χ2n) is 9.50. The summed E-state index contributed by atoms with van der Waals surface area (Å²) < 4.78 is 0. The molecule has 1 aliphatic rings. The molecule has 6 nitrogen and oxygen atoms in total. The molecule has 2 amide bonds. The van der Waals surface area contributed by atoms with Crippen LogP contribution in [0.25, 0.3) is 0 Å². The Morgan fingerprint density at radius 1 is 0.909 bits per heavy atom. The second kappa shape index (κ2) is 15.3. The normalized spacial score (nSPS) is 17.0. The number of hydrogen-bond acceptors (Lipinski definition) is 4. The van der Waals surface area contributed by atoms with Crippen LogP contribution >= 0.6 is 0 Å². The number of urea groups is 1. The molecule has 6 heteroatoms. The number of nitrogens with zero attached hydrogens (tertiary/aromatic N) is 4. The van der Waals surface area contributed by atoms with Gasteiger partial charge in [0.1, 0.15) is 0 Å². The van der Waals surface area contributed by atoms with Crippen molar-refractivity contribution in [2.75, 3.05) is 65.4 Å². The summed E-state index contributed by atoms with van der Waals surface area (Å²) in [5.41, 5.74) is 2.52.